The van der Waals surface area contributed by atoms with Gasteiger partial charge in [-0.15, -0.1) is 6.42 Å². The van der Waals surface area contributed by atoms with Gasteiger partial charge in [-0.25, -0.2) is 9.97 Å². The maximum absolute atomic E-state index is 5.76. The molecule has 0 bridgehead atoms. The fourth-order valence-electron chi connectivity index (χ4n) is 7.86. The first-order valence-corrected chi connectivity index (χ1v) is 19.3. The van der Waals surface area contributed by atoms with Crippen LogP contribution in [-0.4, -0.2) is 33.7 Å². The fraction of sp³-hybridized carbons (Fsp3) is 0.184. The third kappa shape index (κ3) is 6.98. The van der Waals surface area contributed by atoms with Gasteiger partial charge in [0, 0.05) is 52.7 Å². The molecule has 0 amide bonds. The van der Waals surface area contributed by atoms with Crippen molar-refractivity contribution in [1.82, 2.24) is 14.5 Å². The molecule has 55 heavy (non-hydrogen) atoms. The van der Waals surface area contributed by atoms with Crippen LogP contribution in [0, 0.1) is 12.3 Å². The Morgan fingerprint density at radius 2 is 1.71 bits per heavy atom. The number of benzene rings is 4. The lowest BCUT2D eigenvalue weighted by atomic mass is 9.99. The number of anilines is 5. The van der Waals surface area contributed by atoms with Crippen LogP contribution in [0.5, 0.6) is 0 Å². The zero-order chi connectivity index (χ0) is 38.3. The van der Waals surface area contributed by atoms with Crippen LogP contribution in [-0.2, 0) is 6.42 Å². The zero-order valence-corrected chi connectivity index (χ0v) is 32.2. The number of nitrogens with zero attached hydrogens (tertiary/aromatic N) is 6. The van der Waals surface area contributed by atoms with E-state index in [-0.39, 0.29) is 6.04 Å². The third-order valence-electron chi connectivity index (χ3n) is 10.3. The molecule has 0 saturated heterocycles. The number of allylic oxidation sites excluding steroid dienone is 5. The van der Waals surface area contributed by atoms with E-state index in [2.05, 4.69) is 159 Å². The van der Waals surface area contributed by atoms with Crippen LogP contribution >= 0.6 is 0 Å². The van der Waals surface area contributed by atoms with Crippen LogP contribution in [0.2, 0.25) is 0 Å². The molecule has 0 fully saturated rings. The minimum atomic E-state index is 0.150. The van der Waals surface area contributed by atoms with E-state index in [0.29, 0.717) is 0 Å². The van der Waals surface area contributed by atoms with Crippen LogP contribution < -0.4 is 14.7 Å². The minimum absolute atomic E-state index is 0.150. The van der Waals surface area contributed by atoms with Gasteiger partial charge in [0.1, 0.15) is 12.0 Å². The first kappa shape index (κ1) is 36.8. The monoisotopic (exact) mass is 720 g/mol. The van der Waals surface area contributed by atoms with Crippen molar-refractivity contribution < 1.29 is 0 Å². The minimum Gasteiger partial charge on any atom is -0.336 e. The summed E-state index contributed by atoms with van der Waals surface area (Å²) in [5, 5.41) is 2.34. The molecule has 6 nitrogen and oxygen atoms in total. The Bertz CT molecular complexity index is 2490. The molecule has 0 saturated carbocycles. The second kappa shape index (κ2) is 16.6. The van der Waals surface area contributed by atoms with Gasteiger partial charge in [0.2, 0.25) is 0 Å². The zero-order valence-electron chi connectivity index (χ0n) is 32.2. The highest BCUT2D eigenvalue weighted by atomic mass is 15.3. The van der Waals surface area contributed by atoms with E-state index in [4.69, 9.17) is 11.4 Å². The van der Waals surface area contributed by atoms with E-state index in [1.807, 2.05) is 45.2 Å². The standard InChI is InChI=1S/C47H42N6.C2H6/c1-5-14-37(15-6-2)53-44-19-13-12-18-42(44)43-31-40(26-27-45(43)53)51-29-28-50(46-32-48-33-49-47(46)51)36-22-24-39(25-23-36)52(38-16-10-9-11-17-38)41-21-20-34(7-3)35(8-4)30-41;1-2/h1,6,8-24,26-27,30-33,39H,4,7,25,28-29H2,2-3H3;1-2H3/b15-6-,37-14+;. The van der Waals surface area contributed by atoms with Crippen molar-refractivity contribution in [2.45, 2.75) is 46.6 Å². The predicted octanol–water partition coefficient (Wildman–Crippen LogP) is 11.9. The summed E-state index contributed by atoms with van der Waals surface area (Å²) in [6.45, 7) is 13.9. The van der Waals surface area contributed by atoms with Gasteiger partial charge in [0.15, 0.2) is 5.82 Å². The van der Waals surface area contributed by atoms with Crippen LogP contribution in [0.1, 0.15) is 45.2 Å². The number of terminal acetylenes is 1. The van der Waals surface area contributed by atoms with Crippen molar-refractivity contribution in [3.05, 3.63) is 163 Å². The molecule has 1 atom stereocenters. The molecule has 8 rings (SSSR count). The molecule has 274 valence electrons. The molecular weight excluding hydrogens is 673 g/mol. The molecule has 6 aromatic rings. The van der Waals surface area contributed by atoms with Crippen molar-refractivity contribution in [3.8, 4) is 12.3 Å². The summed E-state index contributed by atoms with van der Waals surface area (Å²) < 4.78 is 2.25. The molecule has 3 heterocycles. The van der Waals surface area contributed by atoms with Crippen molar-refractivity contribution >= 4 is 62.1 Å². The largest absolute Gasteiger partial charge is 0.336 e. The normalized spacial score (nSPS) is 15.4. The molecule has 2 aromatic heterocycles. The summed E-state index contributed by atoms with van der Waals surface area (Å²) in [5.41, 5.74) is 11.2. The molecule has 2 aliphatic rings. The Labute approximate surface area is 325 Å². The summed E-state index contributed by atoms with van der Waals surface area (Å²) >= 11 is 0. The van der Waals surface area contributed by atoms with Gasteiger partial charge in [-0.3, -0.25) is 0 Å². The Kier molecular flexibility index (Phi) is 11.1. The lowest BCUT2D eigenvalue weighted by molar-refractivity contribution is 0.756. The maximum atomic E-state index is 5.76. The van der Waals surface area contributed by atoms with Crippen LogP contribution in [0.3, 0.4) is 0 Å². The van der Waals surface area contributed by atoms with Gasteiger partial charge >= 0.3 is 0 Å². The molecule has 4 aromatic carbocycles. The summed E-state index contributed by atoms with van der Waals surface area (Å²) in [6, 6.07) is 32.7. The second-order valence-electron chi connectivity index (χ2n) is 13.3. The lowest BCUT2D eigenvalue weighted by Crippen LogP contribution is -2.39. The summed E-state index contributed by atoms with van der Waals surface area (Å²) in [5.74, 6) is 3.62. The van der Waals surface area contributed by atoms with Crippen molar-refractivity contribution in [2.75, 3.05) is 27.8 Å². The molecule has 0 spiro atoms. The Morgan fingerprint density at radius 1 is 0.927 bits per heavy atom. The number of para-hydroxylation sites is 2. The van der Waals surface area contributed by atoms with Gasteiger partial charge in [-0.2, -0.15) is 0 Å². The summed E-state index contributed by atoms with van der Waals surface area (Å²) in [4.78, 5) is 16.5. The van der Waals surface area contributed by atoms with Crippen LogP contribution in [0.15, 0.2) is 152 Å². The van der Waals surface area contributed by atoms with E-state index < -0.39 is 0 Å². The average Bonchev–Trinajstić information content (AvgIpc) is 3.58. The van der Waals surface area contributed by atoms with Crippen molar-refractivity contribution in [3.63, 3.8) is 0 Å². The number of rotatable bonds is 9. The Balaban J connectivity index is 0.00000229. The summed E-state index contributed by atoms with van der Waals surface area (Å²) in [7, 11) is 0. The maximum Gasteiger partial charge on any atom is 0.160 e. The molecule has 1 aliphatic heterocycles. The fourth-order valence-corrected chi connectivity index (χ4v) is 7.86. The lowest BCUT2D eigenvalue weighted by Gasteiger charge is -2.39. The second-order valence-corrected chi connectivity index (χ2v) is 13.3. The van der Waals surface area contributed by atoms with E-state index in [9.17, 15) is 0 Å². The highest BCUT2D eigenvalue weighted by molar-refractivity contribution is 6.11. The van der Waals surface area contributed by atoms with E-state index in [0.717, 1.165) is 76.9 Å². The third-order valence-corrected chi connectivity index (χ3v) is 10.3. The van der Waals surface area contributed by atoms with Crippen LogP contribution in [0.4, 0.5) is 28.6 Å². The van der Waals surface area contributed by atoms with E-state index in [1.165, 1.54) is 21.9 Å². The Hall–Kier alpha value is -6.58. The van der Waals surface area contributed by atoms with Gasteiger partial charge < -0.3 is 19.3 Å². The average molecular weight is 721 g/mol. The molecule has 0 N–H and O–H groups in total. The Morgan fingerprint density at radius 3 is 2.45 bits per heavy atom. The van der Waals surface area contributed by atoms with E-state index >= 15 is 0 Å². The SMILES string of the molecule is C#C/C=C(\C=C/C)n1c2ccccc2c2cc(N3CCN(C4=CCC(N(c5ccccc5)c5ccc(CC)c(C=C)c5)C=C4)c4cncnc43)ccc21.CC. The number of hydrogen-bond acceptors (Lipinski definition) is 5. The first-order chi connectivity index (χ1) is 27.1. The van der Waals surface area contributed by atoms with Crippen molar-refractivity contribution in [1.29, 1.82) is 0 Å². The molecule has 0 radical (unpaired) electrons. The number of fused-ring (bicyclic) bond motifs is 4. The number of aromatic nitrogens is 3. The smallest absolute Gasteiger partial charge is 0.160 e. The highest BCUT2D eigenvalue weighted by Crippen LogP contribution is 2.41. The van der Waals surface area contributed by atoms with Crippen LogP contribution in [0.25, 0.3) is 33.6 Å². The van der Waals surface area contributed by atoms with Gasteiger partial charge in [0.25, 0.3) is 0 Å². The highest BCUT2D eigenvalue weighted by Gasteiger charge is 2.29. The van der Waals surface area contributed by atoms with Crippen molar-refractivity contribution in [2.24, 2.45) is 0 Å². The molecule has 1 aliphatic carbocycles. The number of hydrogen-bond donors (Lipinski definition) is 0. The molecular formula is C49H48N6. The predicted molar refractivity (Wildman–Crippen MR) is 235 cm³/mol. The molecule has 6 heteroatoms. The van der Waals surface area contributed by atoms with E-state index in [1.54, 1.807) is 6.33 Å². The van der Waals surface area contributed by atoms with Gasteiger partial charge in [-0.1, -0.05) is 100 Å². The van der Waals surface area contributed by atoms with Gasteiger partial charge in [-0.05, 0) is 91.6 Å². The van der Waals surface area contributed by atoms with Gasteiger partial charge in [0.05, 0.1) is 29.0 Å². The quantitative estimate of drug-likeness (QED) is 0.110. The topological polar surface area (TPSA) is 40.4 Å². The number of aryl methyl sites for hydroxylation is 1. The first-order valence-electron chi connectivity index (χ1n) is 19.3. The molecule has 1 unspecified atom stereocenters. The summed E-state index contributed by atoms with van der Waals surface area (Å²) in [6.07, 6.45) is 26.0.